The van der Waals surface area contributed by atoms with Gasteiger partial charge in [-0.1, -0.05) is 0 Å². The van der Waals surface area contributed by atoms with Crippen LogP contribution in [0.3, 0.4) is 0 Å². The van der Waals surface area contributed by atoms with Crippen LogP contribution >= 0.6 is 0 Å². The van der Waals surface area contributed by atoms with E-state index >= 15 is 0 Å². The lowest BCUT2D eigenvalue weighted by molar-refractivity contribution is -0.139. The molecule has 21 heavy (non-hydrogen) atoms. The highest BCUT2D eigenvalue weighted by atomic mass is 16.4. The van der Waals surface area contributed by atoms with Crippen molar-refractivity contribution < 1.29 is 14.7 Å². The maximum Gasteiger partial charge on any atom is 0.326 e. The molecule has 2 aromatic heterocycles. The summed E-state index contributed by atoms with van der Waals surface area (Å²) in [6.07, 6.45) is 2.95. The Balaban J connectivity index is 1.92. The van der Waals surface area contributed by atoms with Crippen LogP contribution in [0.5, 0.6) is 0 Å². The zero-order chi connectivity index (χ0) is 15.1. The maximum absolute atomic E-state index is 12.2. The number of nitrogens with zero attached hydrogens (tertiary/aromatic N) is 2. The lowest BCUT2D eigenvalue weighted by Gasteiger charge is -2.14. The number of nitrogens with one attached hydrogen (secondary N) is 2. The Morgan fingerprint density at radius 2 is 2.24 bits per heavy atom. The van der Waals surface area contributed by atoms with Crippen molar-refractivity contribution in [1.82, 2.24) is 19.9 Å². The van der Waals surface area contributed by atoms with Crippen LogP contribution in [0.25, 0.3) is 5.65 Å². The van der Waals surface area contributed by atoms with E-state index in [1.807, 2.05) is 0 Å². The van der Waals surface area contributed by atoms with E-state index < -0.39 is 17.9 Å². The Morgan fingerprint density at radius 3 is 2.86 bits per heavy atom. The van der Waals surface area contributed by atoms with E-state index in [0.717, 1.165) is 12.8 Å². The second-order valence-corrected chi connectivity index (χ2v) is 5.20. The topological polar surface area (TPSA) is 117 Å². The normalized spacial score (nSPS) is 15.9. The van der Waals surface area contributed by atoms with Crippen LogP contribution < -0.4 is 10.9 Å². The van der Waals surface area contributed by atoms with Crippen molar-refractivity contribution >= 4 is 17.5 Å². The van der Waals surface area contributed by atoms with Gasteiger partial charge < -0.3 is 10.4 Å². The maximum atomic E-state index is 12.2. The van der Waals surface area contributed by atoms with Gasteiger partial charge in [-0.05, 0) is 25.7 Å². The number of amides is 1. The summed E-state index contributed by atoms with van der Waals surface area (Å²) in [5.74, 6) is -1.54. The van der Waals surface area contributed by atoms with Gasteiger partial charge in [0.1, 0.15) is 6.04 Å². The molecule has 1 fully saturated rings. The minimum absolute atomic E-state index is 0.00479. The van der Waals surface area contributed by atoms with E-state index in [2.05, 4.69) is 15.4 Å². The van der Waals surface area contributed by atoms with E-state index in [1.54, 1.807) is 6.92 Å². The fourth-order valence-corrected chi connectivity index (χ4v) is 2.33. The first-order chi connectivity index (χ1) is 9.97. The quantitative estimate of drug-likeness (QED) is 0.728. The van der Waals surface area contributed by atoms with E-state index in [1.165, 1.54) is 16.8 Å². The Morgan fingerprint density at radius 1 is 1.52 bits per heavy atom. The highest BCUT2D eigenvalue weighted by Crippen LogP contribution is 2.32. The Bertz CT molecular complexity index is 787. The lowest BCUT2D eigenvalue weighted by atomic mass is 10.1. The number of carboxylic acid groups (broad SMARTS) is 1. The highest BCUT2D eigenvalue weighted by molar-refractivity contribution is 5.97. The number of H-pyrrole nitrogens is 1. The molecule has 0 saturated heterocycles. The van der Waals surface area contributed by atoms with Gasteiger partial charge >= 0.3 is 5.97 Å². The molecular weight excluding hydrogens is 276 g/mol. The third-order valence-corrected chi connectivity index (χ3v) is 3.65. The van der Waals surface area contributed by atoms with Gasteiger partial charge in [0.05, 0.1) is 11.3 Å². The monoisotopic (exact) mass is 290 g/mol. The van der Waals surface area contributed by atoms with Gasteiger partial charge in [0, 0.05) is 12.3 Å². The smallest absolute Gasteiger partial charge is 0.326 e. The largest absolute Gasteiger partial charge is 0.480 e. The summed E-state index contributed by atoms with van der Waals surface area (Å²) < 4.78 is 1.41. The molecule has 3 rings (SSSR count). The van der Waals surface area contributed by atoms with Crippen LogP contribution in [0.1, 0.15) is 28.9 Å². The number of aliphatic carboxylic acids is 1. The Labute approximate surface area is 118 Å². The first-order valence-corrected chi connectivity index (χ1v) is 6.58. The van der Waals surface area contributed by atoms with Crippen molar-refractivity contribution in [1.29, 1.82) is 0 Å². The fourth-order valence-electron chi connectivity index (χ4n) is 2.33. The molecule has 0 aromatic carbocycles. The van der Waals surface area contributed by atoms with Crippen molar-refractivity contribution in [3.8, 4) is 0 Å². The van der Waals surface area contributed by atoms with Crippen LogP contribution in [-0.4, -0.2) is 37.6 Å². The molecule has 1 amide bonds. The molecule has 1 aliphatic rings. The van der Waals surface area contributed by atoms with Gasteiger partial charge in [-0.15, -0.1) is 0 Å². The van der Waals surface area contributed by atoms with Crippen LogP contribution in [0.15, 0.2) is 17.1 Å². The summed E-state index contributed by atoms with van der Waals surface area (Å²) in [6, 6.07) is 0.440. The third kappa shape index (κ3) is 2.39. The van der Waals surface area contributed by atoms with Gasteiger partial charge in [-0.3, -0.25) is 14.7 Å². The fraction of sp³-hybridized carbons (Fsp3) is 0.385. The van der Waals surface area contributed by atoms with Crippen LogP contribution in [0.2, 0.25) is 0 Å². The van der Waals surface area contributed by atoms with E-state index in [9.17, 15) is 14.4 Å². The molecule has 0 aliphatic heterocycles. The first kappa shape index (κ1) is 13.3. The molecule has 1 atom stereocenters. The second-order valence-electron chi connectivity index (χ2n) is 5.20. The van der Waals surface area contributed by atoms with Crippen LogP contribution in [0, 0.1) is 12.8 Å². The predicted octanol–water partition coefficient (Wildman–Crippen LogP) is -0.0760. The summed E-state index contributed by atoms with van der Waals surface area (Å²) in [5, 5.41) is 14.2. The molecule has 0 unspecified atom stereocenters. The van der Waals surface area contributed by atoms with Crippen molar-refractivity contribution in [2.45, 2.75) is 25.8 Å². The number of hydrogen-bond acceptors (Lipinski definition) is 4. The number of hydrogen-bond donors (Lipinski definition) is 3. The van der Waals surface area contributed by atoms with Crippen molar-refractivity contribution in [2.24, 2.45) is 5.92 Å². The van der Waals surface area contributed by atoms with Gasteiger partial charge in [0.25, 0.3) is 11.5 Å². The molecule has 8 heteroatoms. The summed E-state index contributed by atoms with van der Waals surface area (Å²) in [6.45, 7) is 1.66. The third-order valence-electron chi connectivity index (χ3n) is 3.65. The lowest BCUT2D eigenvalue weighted by Crippen LogP contribution is -2.42. The molecule has 0 bridgehead atoms. The number of fused-ring (bicyclic) bond motifs is 1. The average molecular weight is 290 g/mol. The summed E-state index contributed by atoms with van der Waals surface area (Å²) in [4.78, 5) is 38.7. The summed E-state index contributed by atoms with van der Waals surface area (Å²) in [7, 11) is 0. The van der Waals surface area contributed by atoms with Gasteiger partial charge in [-0.2, -0.15) is 0 Å². The number of aryl methyl sites for hydroxylation is 1. The van der Waals surface area contributed by atoms with Crippen molar-refractivity contribution in [3.05, 3.63) is 33.9 Å². The zero-order valence-electron chi connectivity index (χ0n) is 11.3. The molecule has 0 radical (unpaired) electrons. The van der Waals surface area contributed by atoms with E-state index in [0.29, 0.717) is 11.3 Å². The molecular formula is C13H14N4O4. The van der Waals surface area contributed by atoms with E-state index in [4.69, 9.17) is 5.11 Å². The number of aromatic nitrogens is 3. The molecule has 110 valence electrons. The zero-order valence-corrected chi connectivity index (χ0v) is 11.3. The minimum Gasteiger partial charge on any atom is -0.480 e. The highest BCUT2D eigenvalue weighted by Gasteiger charge is 2.37. The van der Waals surface area contributed by atoms with Gasteiger partial charge in [0.15, 0.2) is 5.65 Å². The predicted molar refractivity (Wildman–Crippen MR) is 72.2 cm³/mol. The molecule has 0 spiro atoms. The number of rotatable bonds is 4. The van der Waals surface area contributed by atoms with Crippen molar-refractivity contribution in [3.63, 3.8) is 0 Å². The first-order valence-electron chi connectivity index (χ1n) is 6.58. The van der Waals surface area contributed by atoms with Crippen molar-refractivity contribution in [2.75, 3.05) is 0 Å². The average Bonchev–Trinajstić information content (AvgIpc) is 3.17. The van der Waals surface area contributed by atoms with Gasteiger partial charge in [0.2, 0.25) is 0 Å². The van der Waals surface area contributed by atoms with Gasteiger partial charge in [-0.25, -0.2) is 14.3 Å². The number of carbonyl (C=O) groups is 2. The number of carboxylic acids is 1. The SMILES string of the molecule is Cc1c(C(=O)N[C@H](C(=O)O)C2CC2)cnc2cc(=O)[nH]n12. The van der Waals surface area contributed by atoms with E-state index in [-0.39, 0.29) is 17.0 Å². The summed E-state index contributed by atoms with van der Waals surface area (Å²) >= 11 is 0. The number of carbonyl (C=O) groups excluding carboxylic acids is 1. The Hall–Kier alpha value is -2.64. The van der Waals surface area contributed by atoms with Crippen LogP contribution in [0.4, 0.5) is 0 Å². The second kappa shape index (κ2) is 4.72. The molecule has 8 nitrogen and oxygen atoms in total. The standard InChI is InChI=1S/C13H14N4O4/c1-6-8(5-14-9-4-10(18)16-17(6)9)12(19)15-11(13(20)21)7-2-3-7/h4-5,7,11H,2-3H2,1H3,(H,15,19)(H,16,18)(H,20,21)/t11-/m0/s1. The number of aromatic amines is 1. The minimum atomic E-state index is -1.04. The molecule has 1 saturated carbocycles. The molecule has 1 aliphatic carbocycles. The molecule has 2 aromatic rings. The molecule has 2 heterocycles. The Kier molecular flexibility index (Phi) is 3.00. The van der Waals surface area contributed by atoms with Crippen LogP contribution in [-0.2, 0) is 4.79 Å². The molecule has 3 N–H and O–H groups in total. The summed E-state index contributed by atoms with van der Waals surface area (Å²) in [5.41, 5.74) is 0.830.